The minimum Gasteiger partial charge on any atom is -0.479 e. The van der Waals surface area contributed by atoms with Crippen molar-refractivity contribution >= 4 is 17.7 Å². The van der Waals surface area contributed by atoms with Gasteiger partial charge in [0.2, 0.25) is 0 Å². The number of aliphatic carboxylic acids is 1. The fraction of sp³-hybridized carbons (Fsp3) is 0.207. The Bertz CT molecular complexity index is 1430. The molecule has 0 saturated carbocycles. The normalized spacial score (nSPS) is 15.5. The highest BCUT2D eigenvalue weighted by Gasteiger charge is 2.27. The molecule has 37 heavy (non-hydrogen) atoms. The lowest BCUT2D eigenvalue weighted by atomic mass is 9.92. The number of aromatic nitrogens is 1. The van der Waals surface area contributed by atoms with E-state index in [9.17, 15) is 14.7 Å². The summed E-state index contributed by atoms with van der Waals surface area (Å²) in [5, 5.41) is 16.2. The SMILES string of the molecule is Cc1noc(-c2ccc(-c3ccc4c(c3)CCOC4C(=O)O)cc2)c1NC(=O)O[C@H](C)c1ccccc1. The number of carboxylic acid groups (broad SMARTS) is 1. The van der Waals surface area contributed by atoms with Crippen molar-refractivity contribution in [2.75, 3.05) is 11.9 Å². The number of hydrogen-bond donors (Lipinski definition) is 2. The number of amides is 1. The van der Waals surface area contributed by atoms with Crippen LogP contribution < -0.4 is 5.32 Å². The van der Waals surface area contributed by atoms with Crippen LogP contribution in [0.1, 0.15) is 41.5 Å². The van der Waals surface area contributed by atoms with E-state index in [1.807, 2.05) is 79.7 Å². The Labute approximate surface area is 213 Å². The first-order valence-electron chi connectivity index (χ1n) is 12.0. The van der Waals surface area contributed by atoms with Gasteiger partial charge in [0, 0.05) is 5.56 Å². The van der Waals surface area contributed by atoms with Gasteiger partial charge >= 0.3 is 12.1 Å². The molecule has 8 heteroatoms. The van der Waals surface area contributed by atoms with Crippen LogP contribution in [0.5, 0.6) is 0 Å². The van der Waals surface area contributed by atoms with Gasteiger partial charge in [-0.2, -0.15) is 0 Å². The summed E-state index contributed by atoms with van der Waals surface area (Å²) < 4.78 is 16.5. The van der Waals surface area contributed by atoms with Crippen molar-refractivity contribution < 1.29 is 28.7 Å². The second-order valence-electron chi connectivity index (χ2n) is 8.89. The smallest absolute Gasteiger partial charge is 0.412 e. The first-order chi connectivity index (χ1) is 17.9. The second-order valence-corrected chi connectivity index (χ2v) is 8.89. The molecule has 2 atom stereocenters. The lowest BCUT2D eigenvalue weighted by Gasteiger charge is -2.23. The highest BCUT2D eigenvalue weighted by Crippen LogP contribution is 2.35. The number of nitrogens with one attached hydrogen (secondary N) is 1. The van der Waals surface area contributed by atoms with Gasteiger partial charge in [0.15, 0.2) is 11.9 Å². The molecule has 1 amide bonds. The van der Waals surface area contributed by atoms with Crippen molar-refractivity contribution in [3.8, 4) is 22.5 Å². The summed E-state index contributed by atoms with van der Waals surface area (Å²) in [6, 6.07) is 22.9. The summed E-state index contributed by atoms with van der Waals surface area (Å²) in [6.07, 6.45) is -1.28. The van der Waals surface area contributed by atoms with Gasteiger partial charge in [0.25, 0.3) is 0 Å². The van der Waals surface area contributed by atoms with Gasteiger partial charge in [-0.1, -0.05) is 78.0 Å². The zero-order chi connectivity index (χ0) is 25.9. The van der Waals surface area contributed by atoms with Gasteiger partial charge in [-0.05, 0) is 48.1 Å². The molecule has 0 bridgehead atoms. The highest BCUT2D eigenvalue weighted by atomic mass is 16.6. The number of fused-ring (bicyclic) bond motifs is 1. The Kier molecular flexibility index (Phi) is 6.74. The molecular weight excluding hydrogens is 472 g/mol. The maximum atomic E-state index is 12.6. The Balaban J connectivity index is 1.33. The van der Waals surface area contributed by atoms with Gasteiger partial charge in [0.1, 0.15) is 17.5 Å². The predicted molar refractivity (Wildman–Crippen MR) is 137 cm³/mol. The average Bonchev–Trinajstić information content (AvgIpc) is 3.28. The van der Waals surface area contributed by atoms with Crippen molar-refractivity contribution in [3.63, 3.8) is 0 Å². The van der Waals surface area contributed by atoms with Gasteiger partial charge < -0.3 is 19.1 Å². The molecule has 188 valence electrons. The molecule has 0 saturated heterocycles. The number of anilines is 1. The monoisotopic (exact) mass is 498 g/mol. The maximum Gasteiger partial charge on any atom is 0.412 e. The number of rotatable bonds is 6. The molecule has 0 radical (unpaired) electrons. The molecule has 1 aliphatic heterocycles. The summed E-state index contributed by atoms with van der Waals surface area (Å²) in [7, 11) is 0. The molecule has 1 aromatic heterocycles. The maximum absolute atomic E-state index is 12.6. The third-order valence-corrected chi connectivity index (χ3v) is 6.43. The Morgan fingerprint density at radius 3 is 2.46 bits per heavy atom. The highest BCUT2D eigenvalue weighted by molar-refractivity contribution is 5.91. The number of hydrogen-bond acceptors (Lipinski definition) is 6. The summed E-state index contributed by atoms with van der Waals surface area (Å²) in [4.78, 5) is 24.1. The number of nitrogens with zero attached hydrogens (tertiary/aromatic N) is 1. The molecule has 3 aromatic carbocycles. The van der Waals surface area contributed by atoms with Crippen molar-refractivity contribution in [1.29, 1.82) is 0 Å². The molecule has 2 heterocycles. The molecule has 1 unspecified atom stereocenters. The third-order valence-electron chi connectivity index (χ3n) is 6.43. The zero-order valence-electron chi connectivity index (χ0n) is 20.4. The lowest BCUT2D eigenvalue weighted by molar-refractivity contribution is -0.151. The minimum atomic E-state index is -0.983. The van der Waals surface area contributed by atoms with Crippen molar-refractivity contribution in [2.45, 2.75) is 32.5 Å². The summed E-state index contributed by atoms with van der Waals surface area (Å²) in [5.41, 5.74) is 6.23. The number of carbonyl (C=O) groups excluding carboxylic acids is 1. The first kappa shape index (κ1) is 24.3. The van der Waals surface area contributed by atoms with Gasteiger partial charge in [-0.25, -0.2) is 9.59 Å². The average molecular weight is 499 g/mol. The van der Waals surface area contributed by atoms with Crippen LogP contribution in [-0.2, 0) is 20.7 Å². The third kappa shape index (κ3) is 5.10. The molecule has 0 aliphatic carbocycles. The van der Waals surface area contributed by atoms with E-state index >= 15 is 0 Å². The van der Waals surface area contributed by atoms with E-state index in [0.717, 1.165) is 27.8 Å². The fourth-order valence-electron chi connectivity index (χ4n) is 4.45. The van der Waals surface area contributed by atoms with E-state index in [4.69, 9.17) is 14.0 Å². The summed E-state index contributed by atoms with van der Waals surface area (Å²) in [6.45, 7) is 3.93. The first-order valence-corrected chi connectivity index (χ1v) is 12.0. The number of aryl methyl sites for hydroxylation is 1. The van der Waals surface area contributed by atoms with Crippen LogP contribution in [0.2, 0.25) is 0 Å². The van der Waals surface area contributed by atoms with Crippen LogP contribution in [0.15, 0.2) is 77.3 Å². The quantitative estimate of drug-likeness (QED) is 0.320. The lowest BCUT2D eigenvalue weighted by Crippen LogP contribution is -2.23. The molecular formula is C29H26N2O6. The number of carbonyl (C=O) groups is 2. The Morgan fingerprint density at radius 2 is 1.73 bits per heavy atom. The van der Waals surface area contributed by atoms with E-state index in [1.165, 1.54) is 0 Å². The fourth-order valence-corrected chi connectivity index (χ4v) is 4.45. The largest absolute Gasteiger partial charge is 0.479 e. The molecule has 0 fully saturated rings. The van der Waals surface area contributed by atoms with Crippen LogP contribution in [0.25, 0.3) is 22.5 Å². The Morgan fingerprint density at radius 1 is 1.03 bits per heavy atom. The number of ether oxygens (including phenoxy) is 2. The minimum absolute atomic E-state index is 0.375. The van der Waals surface area contributed by atoms with E-state index in [2.05, 4.69) is 10.5 Å². The molecule has 8 nitrogen and oxygen atoms in total. The molecule has 1 aliphatic rings. The van der Waals surface area contributed by atoms with Crippen LogP contribution >= 0.6 is 0 Å². The van der Waals surface area contributed by atoms with Gasteiger partial charge in [0.05, 0.1) is 6.61 Å². The molecule has 4 aromatic rings. The molecule has 0 spiro atoms. The summed E-state index contributed by atoms with van der Waals surface area (Å²) in [5.74, 6) is -0.552. The Hall–Kier alpha value is -4.43. The van der Waals surface area contributed by atoms with Gasteiger partial charge in [-0.15, -0.1) is 0 Å². The van der Waals surface area contributed by atoms with E-state index < -0.39 is 24.3 Å². The van der Waals surface area contributed by atoms with Crippen LogP contribution in [0, 0.1) is 6.92 Å². The standard InChI is InChI=1S/C29H26N2O6/c1-17-25(30-29(34)36-18(2)19-6-4-3-5-7-19)26(37-31-17)21-10-8-20(9-11-21)22-12-13-24-23(16-22)14-15-35-27(24)28(32)33/h3-13,16,18,27H,14-15H2,1-2H3,(H,30,34)(H,32,33)/t18-,27?/m1/s1. The van der Waals surface area contributed by atoms with Crippen LogP contribution in [0.4, 0.5) is 10.5 Å². The van der Waals surface area contributed by atoms with Crippen molar-refractivity contribution in [2.24, 2.45) is 0 Å². The second kappa shape index (κ2) is 10.3. The van der Waals surface area contributed by atoms with E-state index in [-0.39, 0.29) is 0 Å². The molecule has 2 N–H and O–H groups in total. The number of benzene rings is 3. The zero-order valence-corrected chi connectivity index (χ0v) is 20.4. The van der Waals surface area contributed by atoms with Crippen LogP contribution in [-0.4, -0.2) is 28.9 Å². The topological polar surface area (TPSA) is 111 Å². The predicted octanol–water partition coefficient (Wildman–Crippen LogP) is 6.33. The van der Waals surface area contributed by atoms with Gasteiger partial charge in [-0.3, -0.25) is 5.32 Å². The molecule has 5 rings (SSSR count). The van der Waals surface area contributed by atoms with E-state index in [0.29, 0.717) is 35.7 Å². The summed E-state index contributed by atoms with van der Waals surface area (Å²) >= 11 is 0. The number of carboxylic acids is 1. The van der Waals surface area contributed by atoms with Crippen LogP contribution in [0.3, 0.4) is 0 Å². The van der Waals surface area contributed by atoms with Crippen molar-refractivity contribution in [3.05, 3.63) is 95.2 Å². The van der Waals surface area contributed by atoms with Crippen molar-refractivity contribution in [1.82, 2.24) is 5.16 Å². The van der Waals surface area contributed by atoms with E-state index in [1.54, 1.807) is 6.92 Å².